The summed E-state index contributed by atoms with van der Waals surface area (Å²) >= 11 is 0. The van der Waals surface area contributed by atoms with Crippen LogP contribution in [0.4, 0.5) is 13.2 Å². The Kier molecular flexibility index (Phi) is 5.54. The molecule has 4 rings (SSSR count). The largest absolute Gasteiger partial charge is 0.338 e. The molecule has 7 heteroatoms. The molecule has 1 saturated carbocycles. The minimum atomic E-state index is -1.06. The Labute approximate surface area is 173 Å². The SMILES string of the molecule is O=C(c1ccc(F)c(F)c1)N1CCN(C(=O)C2(c3cccc(F)c3)CCCC2)CC1. The van der Waals surface area contributed by atoms with Gasteiger partial charge in [0.2, 0.25) is 5.91 Å². The third-order valence-corrected chi connectivity index (χ3v) is 6.26. The summed E-state index contributed by atoms with van der Waals surface area (Å²) in [6.07, 6.45) is 3.19. The van der Waals surface area contributed by atoms with Crippen molar-refractivity contribution >= 4 is 11.8 Å². The summed E-state index contributed by atoms with van der Waals surface area (Å²) in [6, 6.07) is 9.37. The van der Waals surface area contributed by atoms with E-state index in [-0.39, 0.29) is 23.2 Å². The Morgan fingerprint density at radius 3 is 2.10 bits per heavy atom. The molecule has 0 radical (unpaired) electrons. The molecule has 0 unspecified atom stereocenters. The highest BCUT2D eigenvalue weighted by molar-refractivity contribution is 5.94. The molecule has 0 atom stereocenters. The Bertz CT molecular complexity index is 965. The van der Waals surface area contributed by atoms with E-state index < -0.39 is 17.0 Å². The predicted molar refractivity (Wildman–Crippen MR) is 105 cm³/mol. The lowest BCUT2D eigenvalue weighted by atomic mass is 9.77. The molecule has 1 saturated heterocycles. The van der Waals surface area contributed by atoms with Gasteiger partial charge < -0.3 is 9.80 Å². The zero-order valence-electron chi connectivity index (χ0n) is 16.5. The highest BCUT2D eigenvalue weighted by Gasteiger charge is 2.45. The van der Waals surface area contributed by atoms with E-state index in [1.54, 1.807) is 15.9 Å². The Morgan fingerprint density at radius 2 is 1.47 bits per heavy atom. The Hall–Kier alpha value is -2.83. The van der Waals surface area contributed by atoms with Gasteiger partial charge in [0.05, 0.1) is 5.41 Å². The Balaban J connectivity index is 1.47. The maximum Gasteiger partial charge on any atom is 0.254 e. The maximum absolute atomic E-state index is 13.8. The molecule has 4 nitrogen and oxygen atoms in total. The van der Waals surface area contributed by atoms with Gasteiger partial charge in [-0.2, -0.15) is 0 Å². The van der Waals surface area contributed by atoms with E-state index in [0.717, 1.165) is 25.0 Å². The van der Waals surface area contributed by atoms with E-state index in [0.29, 0.717) is 44.6 Å². The number of halogens is 3. The lowest BCUT2D eigenvalue weighted by Crippen LogP contribution is -2.55. The van der Waals surface area contributed by atoms with Crippen molar-refractivity contribution < 1.29 is 22.8 Å². The van der Waals surface area contributed by atoms with Gasteiger partial charge in [0.15, 0.2) is 11.6 Å². The van der Waals surface area contributed by atoms with Crippen molar-refractivity contribution in [3.05, 3.63) is 71.0 Å². The highest BCUT2D eigenvalue weighted by atomic mass is 19.2. The molecule has 0 N–H and O–H groups in total. The molecule has 1 aliphatic heterocycles. The zero-order valence-corrected chi connectivity index (χ0v) is 16.5. The van der Waals surface area contributed by atoms with Crippen molar-refractivity contribution in [1.29, 1.82) is 0 Å². The zero-order chi connectivity index (χ0) is 21.3. The summed E-state index contributed by atoms with van der Waals surface area (Å²) in [6.45, 7) is 1.32. The quantitative estimate of drug-likeness (QED) is 0.762. The van der Waals surface area contributed by atoms with Crippen molar-refractivity contribution in [2.45, 2.75) is 31.1 Å². The minimum Gasteiger partial charge on any atom is -0.338 e. The smallest absolute Gasteiger partial charge is 0.254 e. The van der Waals surface area contributed by atoms with Crippen LogP contribution in [0.1, 0.15) is 41.6 Å². The molecule has 158 valence electrons. The fourth-order valence-corrected chi connectivity index (χ4v) is 4.62. The van der Waals surface area contributed by atoms with Crippen LogP contribution < -0.4 is 0 Å². The summed E-state index contributed by atoms with van der Waals surface area (Å²) in [4.78, 5) is 29.4. The molecule has 1 heterocycles. The van der Waals surface area contributed by atoms with Gasteiger partial charge in [-0.15, -0.1) is 0 Å². The molecule has 1 aliphatic carbocycles. The van der Waals surface area contributed by atoms with Crippen molar-refractivity contribution in [2.24, 2.45) is 0 Å². The first-order chi connectivity index (χ1) is 14.4. The number of piperazine rings is 1. The van der Waals surface area contributed by atoms with E-state index in [1.165, 1.54) is 18.2 Å². The summed E-state index contributed by atoms with van der Waals surface area (Å²) in [5.41, 5.74) is 0.0833. The maximum atomic E-state index is 13.8. The topological polar surface area (TPSA) is 40.6 Å². The van der Waals surface area contributed by atoms with Gasteiger partial charge in [-0.1, -0.05) is 25.0 Å². The predicted octanol–water partition coefficient (Wildman–Crippen LogP) is 3.90. The first kappa shape index (κ1) is 20.4. The normalized spacial score (nSPS) is 18.5. The van der Waals surface area contributed by atoms with Crippen LogP contribution in [0.5, 0.6) is 0 Å². The number of carbonyl (C=O) groups excluding carboxylic acids is 2. The van der Waals surface area contributed by atoms with E-state index in [2.05, 4.69) is 0 Å². The monoisotopic (exact) mass is 416 g/mol. The molecule has 0 bridgehead atoms. The van der Waals surface area contributed by atoms with Gasteiger partial charge in [0, 0.05) is 31.7 Å². The Morgan fingerprint density at radius 1 is 0.800 bits per heavy atom. The molecule has 0 aromatic heterocycles. The lowest BCUT2D eigenvalue weighted by molar-refractivity contribution is -0.138. The van der Waals surface area contributed by atoms with E-state index in [1.807, 2.05) is 6.07 Å². The summed E-state index contributed by atoms with van der Waals surface area (Å²) in [7, 11) is 0. The van der Waals surface area contributed by atoms with Crippen molar-refractivity contribution in [3.63, 3.8) is 0 Å². The minimum absolute atomic E-state index is 0.0227. The fraction of sp³-hybridized carbons (Fsp3) is 0.391. The second-order valence-electron chi connectivity index (χ2n) is 8.01. The van der Waals surface area contributed by atoms with Crippen LogP contribution in [0.3, 0.4) is 0 Å². The first-order valence-electron chi connectivity index (χ1n) is 10.2. The number of hydrogen-bond donors (Lipinski definition) is 0. The van der Waals surface area contributed by atoms with Crippen molar-refractivity contribution in [1.82, 2.24) is 9.80 Å². The van der Waals surface area contributed by atoms with Gasteiger partial charge in [-0.3, -0.25) is 9.59 Å². The number of rotatable bonds is 3. The van der Waals surface area contributed by atoms with E-state index in [9.17, 15) is 22.8 Å². The molecule has 2 aromatic rings. The van der Waals surface area contributed by atoms with Crippen LogP contribution in [0.2, 0.25) is 0 Å². The second kappa shape index (κ2) is 8.13. The third kappa shape index (κ3) is 3.68. The molecule has 2 fully saturated rings. The van der Waals surface area contributed by atoms with Crippen molar-refractivity contribution in [3.8, 4) is 0 Å². The van der Waals surface area contributed by atoms with E-state index in [4.69, 9.17) is 0 Å². The fourth-order valence-electron chi connectivity index (χ4n) is 4.62. The second-order valence-corrected chi connectivity index (χ2v) is 8.01. The number of benzene rings is 2. The summed E-state index contributed by atoms with van der Waals surface area (Å²) in [5.74, 6) is -2.82. The van der Waals surface area contributed by atoms with Crippen LogP contribution in [0.15, 0.2) is 42.5 Å². The molecule has 0 spiro atoms. The average Bonchev–Trinajstić information content (AvgIpc) is 3.26. The third-order valence-electron chi connectivity index (χ3n) is 6.26. The van der Waals surface area contributed by atoms with Crippen LogP contribution in [-0.2, 0) is 10.2 Å². The molecule has 2 amide bonds. The van der Waals surface area contributed by atoms with Crippen molar-refractivity contribution in [2.75, 3.05) is 26.2 Å². The number of amides is 2. The lowest BCUT2D eigenvalue weighted by Gasteiger charge is -2.40. The average molecular weight is 416 g/mol. The summed E-state index contributed by atoms with van der Waals surface area (Å²) in [5, 5.41) is 0. The van der Waals surface area contributed by atoms with Crippen LogP contribution >= 0.6 is 0 Å². The van der Waals surface area contributed by atoms with Gasteiger partial charge in [0.25, 0.3) is 5.91 Å². The number of carbonyl (C=O) groups is 2. The molecule has 2 aliphatic rings. The first-order valence-corrected chi connectivity index (χ1v) is 10.2. The molecular weight excluding hydrogens is 393 g/mol. The highest BCUT2D eigenvalue weighted by Crippen LogP contribution is 2.43. The van der Waals surface area contributed by atoms with Gasteiger partial charge >= 0.3 is 0 Å². The standard InChI is InChI=1S/C23H23F3N2O2/c24-18-5-3-4-17(15-18)23(8-1-2-9-23)22(30)28-12-10-27(11-13-28)21(29)16-6-7-19(25)20(26)14-16/h3-7,14-15H,1-2,8-13H2. The van der Waals surface area contributed by atoms with Crippen LogP contribution in [0.25, 0.3) is 0 Å². The molecular formula is C23H23F3N2O2. The number of hydrogen-bond acceptors (Lipinski definition) is 2. The van der Waals surface area contributed by atoms with Crippen LogP contribution in [0, 0.1) is 17.5 Å². The van der Waals surface area contributed by atoms with Gasteiger partial charge in [-0.05, 0) is 48.7 Å². The summed E-state index contributed by atoms with van der Waals surface area (Å²) < 4.78 is 40.4. The number of nitrogens with zero attached hydrogens (tertiary/aromatic N) is 2. The van der Waals surface area contributed by atoms with Gasteiger partial charge in [-0.25, -0.2) is 13.2 Å². The van der Waals surface area contributed by atoms with E-state index >= 15 is 0 Å². The molecule has 30 heavy (non-hydrogen) atoms. The molecule has 2 aromatic carbocycles. The van der Waals surface area contributed by atoms with Crippen LogP contribution in [-0.4, -0.2) is 47.8 Å². The van der Waals surface area contributed by atoms with Gasteiger partial charge in [0.1, 0.15) is 5.82 Å².